The summed E-state index contributed by atoms with van der Waals surface area (Å²) in [5.41, 5.74) is 2.33. The maximum atomic E-state index is 5.67. The van der Waals surface area contributed by atoms with Crippen molar-refractivity contribution < 1.29 is 4.74 Å². The van der Waals surface area contributed by atoms with Crippen molar-refractivity contribution in [2.24, 2.45) is 0 Å². The van der Waals surface area contributed by atoms with Gasteiger partial charge in [0.25, 0.3) is 0 Å². The molecule has 1 saturated carbocycles. The lowest BCUT2D eigenvalue weighted by Gasteiger charge is -2.06. The largest absolute Gasteiger partial charge is 0.424 e. The summed E-state index contributed by atoms with van der Waals surface area (Å²) in [6.07, 6.45) is 7.21. The lowest BCUT2D eigenvalue weighted by atomic mass is 10.2. The van der Waals surface area contributed by atoms with Crippen LogP contribution in [-0.4, -0.2) is 16.0 Å². The molecular weight excluding hydrogens is 250 g/mol. The zero-order valence-electron chi connectivity index (χ0n) is 11.7. The van der Waals surface area contributed by atoms with E-state index in [1.54, 1.807) is 0 Å². The van der Waals surface area contributed by atoms with E-state index in [2.05, 4.69) is 28.3 Å². The van der Waals surface area contributed by atoms with Gasteiger partial charge in [0, 0.05) is 30.5 Å². The van der Waals surface area contributed by atoms with Crippen molar-refractivity contribution in [3.05, 3.63) is 47.8 Å². The van der Waals surface area contributed by atoms with Gasteiger partial charge in [0.05, 0.1) is 0 Å². The van der Waals surface area contributed by atoms with Gasteiger partial charge in [-0.1, -0.05) is 19.1 Å². The molecule has 104 valence electrons. The highest BCUT2D eigenvalue weighted by atomic mass is 16.5. The van der Waals surface area contributed by atoms with E-state index in [-0.39, 0.29) is 0 Å². The topological polar surface area (TPSA) is 47.0 Å². The molecule has 20 heavy (non-hydrogen) atoms. The lowest BCUT2D eigenvalue weighted by molar-refractivity contribution is 0.440. The molecule has 1 aromatic carbocycles. The zero-order valence-corrected chi connectivity index (χ0v) is 11.7. The number of aryl methyl sites for hydroxylation is 1. The van der Waals surface area contributed by atoms with Gasteiger partial charge in [-0.25, -0.2) is 9.97 Å². The van der Waals surface area contributed by atoms with Crippen molar-refractivity contribution in [2.75, 3.05) is 0 Å². The van der Waals surface area contributed by atoms with Gasteiger partial charge in [0.15, 0.2) is 0 Å². The summed E-state index contributed by atoms with van der Waals surface area (Å²) in [5.74, 6) is 0.785. The van der Waals surface area contributed by atoms with Gasteiger partial charge >= 0.3 is 6.01 Å². The third-order valence-corrected chi connectivity index (χ3v) is 3.37. The van der Waals surface area contributed by atoms with Crippen LogP contribution in [0.1, 0.15) is 30.9 Å². The maximum absolute atomic E-state index is 5.67. The molecule has 1 fully saturated rings. The summed E-state index contributed by atoms with van der Waals surface area (Å²) >= 11 is 0. The van der Waals surface area contributed by atoms with Crippen LogP contribution in [-0.2, 0) is 13.0 Å². The highest BCUT2D eigenvalue weighted by Gasteiger charge is 2.19. The normalized spacial score (nSPS) is 14.2. The first-order valence-corrected chi connectivity index (χ1v) is 7.14. The van der Waals surface area contributed by atoms with Crippen molar-refractivity contribution in [3.8, 4) is 11.8 Å². The molecule has 3 rings (SSSR count). The summed E-state index contributed by atoms with van der Waals surface area (Å²) in [4.78, 5) is 8.51. The molecule has 1 aliphatic rings. The Morgan fingerprint density at radius 1 is 1.20 bits per heavy atom. The van der Waals surface area contributed by atoms with E-state index in [1.165, 1.54) is 18.4 Å². The number of benzene rings is 1. The molecule has 0 aliphatic heterocycles. The number of hydrogen-bond donors (Lipinski definition) is 1. The van der Waals surface area contributed by atoms with Crippen LogP contribution in [0.2, 0.25) is 0 Å². The fourth-order valence-corrected chi connectivity index (χ4v) is 1.97. The van der Waals surface area contributed by atoms with Gasteiger partial charge in [-0.05, 0) is 37.0 Å². The molecular formula is C16H19N3O. The summed E-state index contributed by atoms with van der Waals surface area (Å²) in [5, 5.41) is 3.44. The smallest absolute Gasteiger partial charge is 0.321 e. The van der Waals surface area contributed by atoms with Gasteiger partial charge in [-0.15, -0.1) is 0 Å². The van der Waals surface area contributed by atoms with Gasteiger partial charge in [0.2, 0.25) is 0 Å². The molecule has 0 spiro atoms. The summed E-state index contributed by atoms with van der Waals surface area (Å²) in [6, 6.07) is 9.11. The standard InChI is InChI=1S/C16H19N3O/c1-2-12-4-3-5-15(8-12)20-16-18-10-13(11-19-16)9-17-14-6-7-14/h3-5,8,10-11,14,17H,2,6-7,9H2,1H3. The van der Waals surface area contributed by atoms with Crippen LogP contribution in [0.25, 0.3) is 0 Å². The fourth-order valence-electron chi connectivity index (χ4n) is 1.97. The number of aromatic nitrogens is 2. The Morgan fingerprint density at radius 2 is 2.00 bits per heavy atom. The predicted molar refractivity (Wildman–Crippen MR) is 77.8 cm³/mol. The summed E-state index contributed by atoms with van der Waals surface area (Å²) < 4.78 is 5.67. The second kappa shape index (κ2) is 6.01. The monoisotopic (exact) mass is 269 g/mol. The minimum Gasteiger partial charge on any atom is -0.424 e. The molecule has 1 heterocycles. The van der Waals surface area contributed by atoms with Crippen LogP contribution in [0.4, 0.5) is 0 Å². The van der Waals surface area contributed by atoms with Crippen LogP contribution in [0.5, 0.6) is 11.8 Å². The first-order valence-electron chi connectivity index (χ1n) is 7.14. The number of rotatable bonds is 6. The molecule has 1 N–H and O–H groups in total. The van der Waals surface area contributed by atoms with Crippen LogP contribution < -0.4 is 10.1 Å². The van der Waals surface area contributed by atoms with Gasteiger partial charge in [-0.3, -0.25) is 0 Å². The van der Waals surface area contributed by atoms with Crippen LogP contribution in [0.3, 0.4) is 0 Å². The Labute approximate surface area is 119 Å². The molecule has 1 aliphatic carbocycles. The highest BCUT2D eigenvalue weighted by Crippen LogP contribution is 2.20. The molecule has 0 saturated heterocycles. The molecule has 4 nitrogen and oxygen atoms in total. The zero-order chi connectivity index (χ0) is 13.8. The predicted octanol–water partition coefficient (Wildman–Crippen LogP) is 3.08. The third kappa shape index (κ3) is 3.54. The molecule has 0 radical (unpaired) electrons. The van der Waals surface area contributed by atoms with E-state index >= 15 is 0 Å². The molecule has 2 aromatic rings. The maximum Gasteiger partial charge on any atom is 0.321 e. The number of nitrogens with zero attached hydrogens (tertiary/aromatic N) is 2. The summed E-state index contributed by atoms with van der Waals surface area (Å²) in [7, 11) is 0. The van der Waals surface area contributed by atoms with Gasteiger partial charge in [0.1, 0.15) is 5.75 Å². The fraction of sp³-hybridized carbons (Fsp3) is 0.375. The molecule has 0 unspecified atom stereocenters. The van der Waals surface area contributed by atoms with Crippen molar-refractivity contribution in [3.63, 3.8) is 0 Å². The molecule has 4 heteroatoms. The van der Waals surface area contributed by atoms with E-state index in [4.69, 9.17) is 4.74 Å². The number of nitrogens with one attached hydrogen (secondary N) is 1. The average molecular weight is 269 g/mol. The first-order chi connectivity index (χ1) is 9.83. The average Bonchev–Trinajstić information content (AvgIpc) is 3.31. The third-order valence-electron chi connectivity index (χ3n) is 3.37. The van der Waals surface area contributed by atoms with Gasteiger partial charge < -0.3 is 10.1 Å². The molecule has 0 amide bonds. The van der Waals surface area contributed by atoms with Crippen molar-refractivity contribution in [1.29, 1.82) is 0 Å². The number of ether oxygens (including phenoxy) is 1. The molecule has 0 atom stereocenters. The van der Waals surface area contributed by atoms with Crippen molar-refractivity contribution in [1.82, 2.24) is 15.3 Å². The van der Waals surface area contributed by atoms with E-state index in [0.29, 0.717) is 12.1 Å². The van der Waals surface area contributed by atoms with Crippen LogP contribution >= 0.6 is 0 Å². The lowest BCUT2D eigenvalue weighted by Crippen LogP contribution is -2.15. The van der Waals surface area contributed by atoms with Crippen molar-refractivity contribution in [2.45, 2.75) is 38.8 Å². The Bertz CT molecular complexity index is 564. The van der Waals surface area contributed by atoms with E-state index in [9.17, 15) is 0 Å². The minimum absolute atomic E-state index is 0.397. The van der Waals surface area contributed by atoms with E-state index in [1.807, 2.05) is 30.6 Å². The van der Waals surface area contributed by atoms with Crippen molar-refractivity contribution >= 4 is 0 Å². The Balaban J connectivity index is 1.61. The Hall–Kier alpha value is -1.94. The van der Waals surface area contributed by atoms with Gasteiger partial charge in [-0.2, -0.15) is 0 Å². The van der Waals surface area contributed by atoms with E-state index in [0.717, 1.165) is 24.3 Å². The second-order valence-corrected chi connectivity index (χ2v) is 5.13. The quantitative estimate of drug-likeness (QED) is 0.875. The molecule has 0 bridgehead atoms. The van der Waals surface area contributed by atoms with Crippen LogP contribution in [0, 0.1) is 0 Å². The Kier molecular flexibility index (Phi) is 3.92. The highest BCUT2D eigenvalue weighted by molar-refractivity contribution is 5.30. The summed E-state index contributed by atoms with van der Waals surface area (Å²) in [6.45, 7) is 2.95. The Morgan fingerprint density at radius 3 is 2.70 bits per heavy atom. The minimum atomic E-state index is 0.397. The second-order valence-electron chi connectivity index (χ2n) is 5.13. The van der Waals surface area contributed by atoms with Crippen LogP contribution in [0.15, 0.2) is 36.7 Å². The van der Waals surface area contributed by atoms with E-state index < -0.39 is 0 Å². The number of hydrogen-bond acceptors (Lipinski definition) is 4. The first kappa shape index (κ1) is 13.1. The SMILES string of the molecule is CCc1cccc(Oc2ncc(CNC3CC3)cn2)c1. The molecule has 1 aromatic heterocycles.